The van der Waals surface area contributed by atoms with Gasteiger partial charge in [0, 0.05) is 12.2 Å². The Bertz CT molecular complexity index is 722. The molecule has 0 radical (unpaired) electrons. The van der Waals surface area contributed by atoms with Crippen LogP contribution in [0.2, 0.25) is 0 Å². The minimum Gasteiger partial charge on any atom is -0.399 e. The Hall–Kier alpha value is -1.85. The summed E-state index contributed by atoms with van der Waals surface area (Å²) < 4.78 is 27.2. The lowest BCUT2D eigenvalue weighted by atomic mass is 10.1. The average Bonchev–Trinajstić information content (AvgIpc) is 2.40. The topological polar surface area (TPSA) is 72.2 Å². The maximum Gasteiger partial charge on any atom is 0.240 e. The van der Waals surface area contributed by atoms with E-state index in [1.807, 2.05) is 50.2 Å². The van der Waals surface area contributed by atoms with Crippen LogP contribution in [0, 0.1) is 13.8 Å². The van der Waals surface area contributed by atoms with E-state index < -0.39 is 10.0 Å². The fourth-order valence-electron chi connectivity index (χ4n) is 2.19. The molecular weight excluding hydrogens is 284 g/mol. The van der Waals surface area contributed by atoms with Crippen LogP contribution < -0.4 is 10.5 Å². The van der Waals surface area contributed by atoms with Crippen LogP contribution >= 0.6 is 0 Å². The minimum absolute atomic E-state index is 0.338. The molecule has 0 aliphatic heterocycles. The molecule has 3 N–H and O–H groups in total. The van der Waals surface area contributed by atoms with Gasteiger partial charge in [0.15, 0.2) is 0 Å². The Morgan fingerprint density at radius 2 is 1.71 bits per heavy atom. The maximum absolute atomic E-state index is 12.3. The van der Waals surface area contributed by atoms with Gasteiger partial charge in [-0.2, -0.15) is 0 Å². The van der Waals surface area contributed by atoms with E-state index in [2.05, 4.69) is 4.72 Å². The van der Waals surface area contributed by atoms with Crippen molar-refractivity contribution in [3.63, 3.8) is 0 Å². The molecule has 0 aromatic heterocycles. The second kappa shape index (κ2) is 6.28. The van der Waals surface area contributed by atoms with Crippen molar-refractivity contribution in [3.8, 4) is 0 Å². The number of sulfonamides is 1. The van der Waals surface area contributed by atoms with Gasteiger partial charge in [-0.15, -0.1) is 0 Å². The van der Waals surface area contributed by atoms with Crippen molar-refractivity contribution in [3.05, 3.63) is 59.2 Å². The Morgan fingerprint density at radius 1 is 1.05 bits per heavy atom. The number of rotatable bonds is 5. The van der Waals surface area contributed by atoms with Crippen molar-refractivity contribution in [2.24, 2.45) is 0 Å². The van der Waals surface area contributed by atoms with E-state index in [0.717, 1.165) is 16.7 Å². The number of benzene rings is 2. The summed E-state index contributed by atoms with van der Waals surface area (Å²) >= 11 is 0. The largest absolute Gasteiger partial charge is 0.399 e. The predicted molar refractivity (Wildman–Crippen MR) is 85.7 cm³/mol. The molecule has 21 heavy (non-hydrogen) atoms. The van der Waals surface area contributed by atoms with Gasteiger partial charge in [0.25, 0.3) is 0 Å². The summed E-state index contributed by atoms with van der Waals surface area (Å²) in [5, 5.41) is 0. The molecule has 2 aromatic carbocycles. The highest BCUT2D eigenvalue weighted by atomic mass is 32.2. The third kappa shape index (κ3) is 4.06. The second-order valence-corrected chi connectivity index (χ2v) is 6.89. The zero-order valence-corrected chi connectivity index (χ0v) is 13.1. The van der Waals surface area contributed by atoms with Crippen molar-refractivity contribution in [1.82, 2.24) is 4.72 Å². The molecule has 0 spiro atoms. The molecule has 0 amide bonds. The van der Waals surface area contributed by atoms with Crippen LogP contribution in [0.25, 0.3) is 0 Å². The molecule has 4 nitrogen and oxygen atoms in total. The van der Waals surface area contributed by atoms with Crippen LogP contribution in [0.3, 0.4) is 0 Å². The van der Waals surface area contributed by atoms with Crippen LogP contribution in [0.4, 0.5) is 5.69 Å². The molecule has 0 aliphatic rings. The molecular formula is C16H20N2O2S. The minimum atomic E-state index is -3.46. The molecule has 5 heteroatoms. The van der Waals surface area contributed by atoms with E-state index in [9.17, 15) is 8.42 Å². The highest BCUT2D eigenvalue weighted by molar-refractivity contribution is 7.89. The van der Waals surface area contributed by atoms with Gasteiger partial charge in [-0.25, -0.2) is 13.1 Å². The third-order valence-electron chi connectivity index (χ3n) is 3.31. The highest BCUT2D eigenvalue weighted by Gasteiger charge is 2.15. The van der Waals surface area contributed by atoms with Gasteiger partial charge in [0.2, 0.25) is 10.0 Å². The molecule has 0 aliphatic carbocycles. The summed E-state index contributed by atoms with van der Waals surface area (Å²) in [6, 6.07) is 12.8. The van der Waals surface area contributed by atoms with Crippen LogP contribution in [0.1, 0.15) is 16.7 Å². The zero-order valence-electron chi connectivity index (χ0n) is 12.3. The summed E-state index contributed by atoms with van der Waals surface area (Å²) in [5.74, 6) is 0. The number of nitrogens with one attached hydrogen (secondary N) is 1. The van der Waals surface area contributed by atoms with Gasteiger partial charge < -0.3 is 5.73 Å². The SMILES string of the molecule is Cc1ccc(S(=O)(=O)NCCc2ccc(N)cc2)c(C)c1. The first kappa shape index (κ1) is 15.5. The molecule has 112 valence electrons. The van der Waals surface area contributed by atoms with Crippen molar-refractivity contribution >= 4 is 15.7 Å². The number of aryl methyl sites for hydroxylation is 2. The summed E-state index contributed by atoms with van der Waals surface area (Å²) in [5.41, 5.74) is 9.18. The number of nitrogen functional groups attached to an aromatic ring is 1. The van der Waals surface area contributed by atoms with E-state index in [4.69, 9.17) is 5.73 Å². The maximum atomic E-state index is 12.3. The Kier molecular flexibility index (Phi) is 4.65. The van der Waals surface area contributed by atoms with Gasteiger partial charge in [-0.05, 0) is 49.6 Å². The average molecular weight is 304 g/mol. The number of hydrogen-bond acceptors (Lipinski definition) is 3. The Morgan fingerprint density at radius 3 is 2.33 bits per heavy atom. The second-order valence-electron chi connectivity index (χ2n) is 5.16. The zero-order chi connectivity index (χ0) is 15.5. The fraction of sp³-hybridized carbons (Fsp3) is 0.250. The van der Waals surface area contributed by atoms with Gasteiger partial charge in [0.05, 0.1) is 4.90 Å². The summed E-state index contributed by atoms with van der Waals surface area (Å²) in [7, 11) is -3.46. The van der Waals surface area contributed by atoms with Gasteiger partial charge >= 0.3 is 0 Å². The molecule has 0 saturated carbocycles. The van der Waals surface area contributed by atoms with Crippen molar-refractivity contribution in [2.75, 3.05) is 12.3 Å². The molecule has 0 atom stereocenters. The summed E-state index contributed by atoms with van der Waals surface area (Å²) in [6.07, 6.45) is 0.629. The smallest absolute Gasteiger partial charge is 0.240 e. The van der Waals surface area contributed by atoms with E-state index in [1.165, 1.54) is 0 Å². The molecule has 2 aromatic rings. The molecule has 0 fully saturated rings. The summed E-state index contributed by atoms with van der Waals surface area (Å²) in [4.78, 5) is 0.338. The Balaban J connectivity index is 2.03. The van der Waals surface area contributed by atoms with E-state index in [1.54, 1.807) is 6.07 Å². The summed E-state index contributed by atoms with van der Waals surface area (Å²) in [6.45, 7) is 4.11. The number of anilines is 1. The van der Waals surface area contributed by atoms with E-state index in [-0.39, 0.29) is 0 Å². The normalized spacial score (nSPS) is 11.5. The number of nitrogens with two attached hydrogens (primary N) is 1. The van der Waals surface area contributed by atoms with Gasteiger partial charge in [-0.3, -0.25) is 0 Å². The molecule has 0 bridgehead atoms. The fourth-order valence-corrected chi connectivity index (χ4v) is 3.45. The van der Waals surface area contributed by atoms with Gasteiger partial charge in [0.1, 0.15) is 0 Å². The predicted octanol–water partition coefficient (Wildman–Crippen LogP) is 2.41. The van der Waals surface area contributed by atoms with Gasteiger partial charge in [-0.1, -0.05) is 29.8 Å². The standard InChI is InChI=1S/C16H20N2O2S/c1-12-3-8-16(13(2)11-12)21(19,20)18-10-9-14-4-6-15(17)7-5-14/h3-8,11,18H,9-10,17H2,1-2H3. The first-order chi connectivity index (χ1) is 9.88. The van der Waals surface area contributed by atoms with Crippen molar-refractivity contribution in [1.29, 1.82) is 0 Å². The molecule has 0 saturated heterocycles. The highest BCUT2D eigenvalue weighted by Crippen LogP contribution is 2.16. The molecule has 0 heterocycles. The lowest BCUT2D eigenvalue weighted by Gasteiger charge is -2.10. The first-order valence-corrected chi connectivity index (χ1v) is 8.28. The Labute approximate surface area is 126 Å². The quantitative estimate of drug-likeness (QED) is 0.833. The first-order valence-electron chi connectivity index (χ1n) is 6.80. The van der Waals surface area contributed by atoms with E-state index >= 15 is 0 Å². The third-order valence-corrected chi connectivity index (χ3v) is 4.93. The van der Waals surface area contributed by atoms with Crippen molar-refractivity contribution < 1.29 is 8.42 Å². The van der Waals surface area contributed by atoms with E-state index in [0.29, 0.717) is 23.5 Å². The van der Waals surface area contributed by atoms with Crippen LogP contribution in [-0.2, 0) is 16.4 Å². The number of hydrogen-bond donors (Lipinski definition) is 2. The lowest BCUT2D eigenvalue weighted by molar-refractivity contribution is 0.581. The van der Waals surface area contributed by atoms with Crippen LogP contribution in [0.15, 0.2) is 47.4 Å². The van der Waals surface area contributed by atoms with Crippen LogP contribution in [-0.4, -0.2) is 15.0 Å². The van der Waals surface area contributed by atoms with Crippen molar-refractivity contribution in [2.45, 2.75) is 25.2 Å². The molecule has 0 unspecified atom stereocenters. The lowest BCUT2D eigenvalue weighted by Crippen LogP contribution is -2.26. The van der Waals surface area contributed by atoms with Crippen LogP contribution in [0.5, 0.6) is 0 Å². The molecule has 2 rings (SSSR count). The monoisotopic (exact) mass is 304 g/mol.